The van der Waals surface area contributed by atoms with E-state index in [0.29, 0.717) is 0 Å². The number of aromatic nitrogens is 3. The number of rotatable bonds is 2. The number of nitrogens with zero attached hydrogens (tertiary/aromatic N) is 4. The zero-order valence-electron chi connectivity index (χ0n) is 8.06. The molecule has 2 heterocycles. The molecule has 2 rings (SSSR count). The first kappa shape index (κ1) is 8.69. The largest absolute Gasteiger partial charge is 0.306 e. The number of piperidine rings is 1. The minimum atomic E-state index is 0.790. The quantitative estimate of drug-likeness (QED) is 0.669. The molecule has 1 aliphatic heterocycles. The third kappa shape index (κ3) is 2.28. The van der Waals surface area contributed by atoms with Crippen molar-refractivity contribution in [3.8, 4) is 0 Å². The molecule has 0 radical (unpaired) electrons. The molecule has 0 aromatic carbocycles. The molecule has 0 atom stereocenters. The Kier molecular flexibility index (Phi) is 2.59. The van der Waals surface area contributed by atoms with E-state index in [2.05, 4.69) is 22.0 Å². The first-order chi connectivity index (χ1) is 6.34. The number of hydrogen-bond donors (Lipinski definition) is 0. The first-order valence-electron chi connectivity index (χ1n) is 4.85. The molecule has 1 aliphatic rings. The van der Waals surface area contributed by atoms with Gasteiger partial charge in [0.1, 0.15) is 12.7 Å². The summed E-state index contributed by atoms with van der Waals surface area (Å²) in [7, 11) is 2.19. The molecule has 1 saturated heterocycles. The van der Waals surface area contributed by atoms with Crippen LogP contribution in [0.3, 0.4) is 0 Å². The normalized spacial score (nSPS) is 20.7. The molecule has 0 amide bonds. The Morgan fingerprint density at radius 2 is 2.15 bits per heavy atom. The zero-order chi connectivity index (χ0) is 9.10. The van der Waals surface area contributed by atoms with Crippen LogP contribution in [0.5, 0.6) is 0 Å². The molecule has 1 aromatic heterocycles. The Labute approximate surface area is 78.6 Å². The van der Waals surface area contributed by atoms with Crippen LogP contribution in [0.1, 0.15) is 12.8 Å². The Balaban J connectivity index is 1.83. The molecule has 4 heteroatoms. The Bertz CT molecular complexity index is 236. The summed E-state index contributed by atoms with van der Waals surface area (Å²) in [6, 6.07) is 0. The van der Waals surface area contributed by atoms with Crippen LogP contribution in [-0.2, 0) is 6.54 Å². The van der Waals surface area contributed by atoms with Crippen LogP contribution in [0.15, 0.2) is 12.7 Å². The van der Waals surface area contributed by atoms with Gasteiger partial charge in [-0.05, 0) is 38.9 Å². The summed E-state index contributed by atoms with van der Waals surface area (Å²) in [6.07, 6.45) is 5.99. The average molecular weight is 180 g/mol. The second-order valence-electron chi connectivity index (χ2n) is 3.86. The van der Waals surface area contributed by atoms with Crippen molar-refractivity contribution in [1.29, 1.82) is 0 Å². The third-order valence-corrected chi connectivity index (χ3v) is 2.75. The van der Waals surface area contributed by atoms with Crippen LogP contribution >= 0.6 is 0 Å². The van der Waals surface area contributed by atoms with Gasteiger partial charge in [0.2, 0.25) is 0 Å². The van der Waals surface area contributed by atoms with Gasteiger partial charge in [0, 0.05) is 6.54 Å². The topological polar surface area (TPSA) is 34.0 Å². The molecule has 72 valence electrons. The first-order valence-corrected chi connectivity index (χ1v) is 4.85. The number of hydrogen-bond acceptors (Lipinski definition) is 3. The van der Waals surface area contributed by atoms with Crippen molar-refractivity contribution in [1.82, 2.24) is 19.7 Å². The molecule has 0 saturated carbocycles. The summed E-state index contributed by atoms with van der Waals surface area (Å²) in [4.78, 5) is 6.33. The standard InChI is InChI=1S/C9H16N4/c1-12-4-2-9(3-5-12)6-13-8-10-7-11-13/h7-9H,2-6H2,1H3. The molecule has 0 bridgehead atoms. The van der Waals surface area contributed by atoms with Gasteiger partial charge in [-0.15, -0.1) is 0 Å². The summed E-state index contributed by atoms with van der Waals surface area (Å²) in [5, 5.41) is 4.12. The molecule has 1 fully saturated rings. The molecule has 0 unspecified atom stereocenters. The van der Waals surface area contributed by atoms with E-state index >= 15 is 0 Å². The van der Waals surface area contributed by atoms with Crippen molar-refractivity contribution in [2.24, 2.45) is 5.92 Å². The second-order valence-corrected chi connectivity index (χ2v) is 3.86. The molecular weight excluding hydrogens is 164 g/mol. The van der Waals surface area contributed by atoms with Crippen LogP contribution in [-0.4, -0.2) is 39.8 Å². The lowest BCUT2D eigenvalue weighted by molar-refractivity contribution is 0.201. The number of likely N-dealkylation sites (tertiary alicyclic amines) is 1. The molecule has 0 spiro atoms. The highest BCUT2D eigenvalue weighted by Crippen LogP contribution is 2.17. The van der Waals surface area contributed by atoms with Crippen molar-refractivity contribution < 1.29 is 0 Å². The maximum atomic E-state index is 4.12. The van der Waals surface area contributed by atoms with Crippen molar-refractivity contribution in [2.75, 3.05) is 20.1 Å². The van der Waals surface area contributed by atoms with E-state index in [9.17, 15) is 0 Å². The third-order valence-electron chi connectivity index (χ3n) is 2.75. The highest BCUT2D eigenvalue weighted by Gasteiger charge is 2.16. The van der Waals surface area contributed by atoms with Gasteiger partial charge in [-0.25, -0.2) is 4.98 Å². The van der Waals surface area contributed by atoms with Crippen molar-refractivity contribution in [2.45, 2.75) is 19.4 Å². The summed E-state index contributed by atoms with van der Waals surface area (Å²) < 4.78 is 1.94. The fraction of sp³-hybridized carbons (Fsp3) is 0.778. The van der Waals surface area contributed by atoms with E-state index in [1.165, 1.54) is 25.9 Å². The molecule has 4 nitrogen and oxygen atoms in total. The highest BCUT2D eigenvalue weighted by molar-refractivity contribution is 4.70. The predicted octanol–water partition coefficient (Wildman–Crippen LogP) is 0.620. The van der Waals surface area contributed by atoms with E-state index in [4.69, 9.17) is 0 Å². The summed E-state index contributed by atoms with van der Waals surface area (Å²) in [5.74, 6) is 0.790. The molecule has 0 aliphatic carbocycles. The molecule has 1 aromatic rings. The van der Waals surface area contributed by atoms with Gasteiger partial charge in [-0.1, -0.05) is 0 Å². The average Bonchev–Trinajstić information content (AvgIpc) is 2.62. The Morgan fingerprint density at radius 3 is 2.77 bits per heavy atom. The maximum Gasteiger partial charge on any atom is 0.137 e. The van der Waals surface area contributed by atoms with Crippen molar-refractivity contribution in [3.63, 3.8) is 0 Å². The van der Waals surface area contributed by atoms with Crippen LogP contribution < -0.4 is 0 Å². The Hall–Kier alpha value is -0.900. The van der Waals surface area contributed by atoms with Gasteiger partial charge in [-0.2, -0.15) is 5.10 Å². The van der Waals surface area contributed by atoms with E-state index < -0.39 is 0 Å². The summed E-state index contributed by atoms with van der Waals surface area (Å²) in [6.45, 7) is 3.48. The maximum absolute atomic E-state index is 4.12. The predicted molar refractivity (Wildman–Crippen MR) is 50.2 cm³/mol. The lowest BCUT2D eigenvalue weighted by atomic mass is 9.97. The second kappa shape index (κ2) is 3.87. The van der Waals surface area contributed by atoms with E-state index in [1.807, 2.05) is 4.68 Å². The van der Waals surface area contributed by atoms with Crippen molar-refractivity contribution >= 4 is 0 Å². The minimum Gasteiger partial charge on any atom is -0.306 e. The van der Waals surface area contributed by atoms with E-state index in [-0.39, 0.29) is 0 Å². The minimum absolute atomic E-state index is 0.790. The van der Waals surface area contributed by atoms with Gasteiger partial charge in [0.15, 0.2) is 0 Å². The fourth-order valence-electron chi connectivity index (χ4n) is 1.84. The van der Waals surface area contributed by atoms with Gasteiger partial charge < -0.3 is 4.90 Å². The van der Waals surface area contributed by atoms with E-state index in [0.717, 1.165) is 12.5 Å². The van der Waals surface area contributed by atoms with Crippen molar-refractivity contribution in [3.05, 3.63) is 12.7 Å². The summed E-state index contributed by atoms with van der Waals surface area (Å²) >= 11 is 0. The highest BCUT2D eigenvalue weighted by atomic mass is 15.3. The van der Waals surface area contributed by atoms with E-state index in [1.54, 1.807) is 12.7 Å². The van der Waals surface area contributed by atoms with Gasteiger partial charge in [0.05, 0.1) is 0 Å². The van der Waals surface area contributed by atoms with Gasteiger partial charge in [-0.3, -0.25) is 4.68 Å². The zero-order valence-corrected chi connectivity index (χ0v) is 8.06. The molecular formula is C9H16N4. The smallest absolute Gasteiger partial charge is 0.137 e. The monoisotopic (exact) mass is 180 g/mol. The van der Waals surface area contributed by atoms with Crippen LogP contribution in [0.2, 0.25) is 0 Å². The lowest BCUT2D eigenvalue weighted by Gasteiger charge is -2.28. The molecule has 0 N–H and O–H groups in total. The Morgan fingerprint density at radius 1 is 1.38 bits per heavy atom. The lowest BCUT2D eigenvalue weighted by Crippen LogP contribution is -2.31. The van der Waals surface area contributed by atoms with Crippen LogP contribution in [0.25, 0.3) is 0 Å². The van der Waals surface area contributed by atoms with Gasteiger partial charge in [0.25, 0.3) is 0 Å². The van der Waals surface area contributed by atoms with Gasteiger partial charge >= 0.3 is 0 Å². The SMILES string of the molecule is CN1CCC(Cn2cncn2)CC1. The molecule has 13 heavy (non-hydrogen) atoms. The summed E-state index contributed by atoms with van der Waals surface area (Å²) in [5.41, 5.74) is 0. The van der Waals surface area contributed by atoms with Crippen LogP contribution in [0.4, 0.5) is 0 Å². The fourth-order valence-corrected chi connectivity index (χ4v) is 1.84. The van der Waals surface area contributed by atoms with Crippen LogP contribution in [0, 0.1) is 5.92 Å².